The second-order valence-electron chi connectivity index (χ2n) is 9.84. The number of nitrogens with zero attached hydrogens (tertiary/aromatic N) is 2. The van der Waals surface area contributed by atoms with E-state index in [1.165, 1.54) is 12.1 Å². The third-order valence-electron chi connectivity index (χ3n) is 7.82. The molecule has 2 aliphatic rings. The van der Waals surface area contributed by atoms with Crippen molar-refractivity contribution in [3.05, 3.63) is 71.7 Å². The first-order valence-corrected chi connectivity index (χ1v) is 12.3. The Balaban J connectivity index is 1.27. The number of ketones is 1. The number of piperidine rings is 1. The molecule has 1 aromatic heterocycles. The van der Waals surface area contributed by atoms with E-state index in [1.54, 1.807) is 12.1 Å². The van der Waals surface area contributed by atoms with Crippen LogP contribution in [-0.4, -0.2) is 39.5 Å². The molecule has 5 rings (SSSR count). The van der Waals surface area contributed by atoms with E-state index in [1.807, 2.05) is 31.3 Å². The topological polar surface area (TPSA) is 45.5 Å². The van der Waals surface area contributed by atoms with Gasteiger partial charge in [0.25, 0.3) is 0 Å². The molecule has 3 atom stereocenters. The molecule has 2 aromatic carbocycles. The highest BCUT2D eigenvalue weighted by atomic mass is 19.1. The van der Waals surface area contributed by atoms with Gasteiger partial charge < -0.3 is 9.67 Å². The van der Waals surface area contributed by atoms with Gasteiger partial charge in [-0.25, -0.2) is 4.39 Å². The first-order chi connectivity index (χ1) is 16.0. The lowest BCUT2D eigenvalue weighted by Gasteiger charge is -2.37. The van der Waals surface area contributed by atoms with E-state index in [0.29, 0.717) is 24.8 Å². The monoisotopic (exact) mass is 448 g/mol. The van der Waals surface area contributed by atoms with E-state index in [0.717, 1.165) is 67.3 Å². The van der Waals surface area contributed by atoms with Crippen LogP contribution in [-0.2, 0) is 12.1 Å². The number of fused-ring (bicyclic) bond motifs is 2. The minimum absolute atomic E-state index is 0.190. The summed E-state index contributed by atoms with van der Waals surface area (Å²) in [6.45, 7) is 4.82. The van der Waals surface area contributed by atoms with Gasteiger partial charge in [0, 0.05) is 48.2 Å². The summed E-state index contributed by atoms with van der Waals surface area (Å²) in [4.78, 5) is 15.0. The number of rotatable bonds is 7. The second kappa shape index (κ2) is 9.03. The molecular weight excluding hydrogens is 415 g/mol. The lowest BCUT2D eigenvalue weighted by molar-refractivity contribution is 0.0342. The number of Topliss-reactive ketones (excluding diaryl/α,β-unsaturated/α-hetero) is 1. The van der Waals surface area contributed by atoms with E-state index >= 15 is 0 Å². The molecule has 1 N–H and O–H groups in total. The van der Waals surface area contributed by atoms with Gasteiger partial charge in [-0.15, -0.1) is 0 Å². The van der Waals surface area contributed by atoms with E-state index in [9.17, 15) is 14.3 Å². The molecule has 5 heteroatoms. The molecular formula is C28H33FN2O2. The zero-order valence-corrected chi connectivity index (χ0v) is 19.3. The highest BCUT2D eigenvalue weighted by Crippen LogP contribution is 2.47. The van der Waals surface area contributed by atoms with Gasteiger partial charge in [-0.1, -0.05) is 37.3 Å². The van der Waals surface area contributed by atoms with Crippen molar-refractivity contribution < 1.29 is 14.3 Å². The number of aliphatic hydroxyl groups is 1. The van der Waals surface area contributed by atoms with Crippen LogP contribution in [0.15, 0.2) is 54.7 Å². The van der Waals surface area contributed by atoms with Crippen molar-refractivity contribution in [2.24, 2.45) is 5.92 Å². The number of likely N-dealkylation sites (tertiary alicyclic amines) is 1. The average Bonchev–Trinajstić information content (AvgIpc) is 3.38. The van der Waals surface area contributed by atoms with Gasteiger partial charge >= 0.3 is 0 Å². The molecule has 2 heterocycles. The molecule has 4 nitrogen and oxygen atoms in total. The summed E-state index contributed by atoms with van der Waals surface area (Å²) in [6.07, 6.45) is 7.31. The molecule has 1 aliphatic heterocycles. The average molecular weight is 449 g/mol. The SMILES string of the molecule is CCC(=O)c1cn(CCCN2CCCC3CC(O)(c4ccc(F)cc4)CC32)c2ccccc12. The number of carbonyl (C=O) groups excluding carboxylic acids is 1. The van der Waals surface area contributed by atoms with Gasteiger partial charge in [0.05, 0.1) is 5.60 Å². The molecule has 33 heavy (non-hydrogen) atoms. The third kappa shape index (κ3) is 4.24. The predicted octanol–water partition coefficient (Wildman–Crippen LogP) is 5.53. The van der Waals surface area contributed by atoms with E-state index in [2.05, 4.69) is 15.5 Å². The summed E-state index contributed by atoms with van der Waals surface area (Å²) in [6, 6.07) is 14.9. The van der Waals surface area contributed by atoms with Crippen molar-refractivity contribution in [2.45, 2.75) is 63.6 Å². The summed E-state index contributed by atoms with van der Waals surface area (Å²) in [5, 5.41) is 12.5. The fourth-order valence-electron chi connectivity index (χ4n) is 6.17. The summed E-state index contributed by atoms with van der Waals surface area (Å²) in [5.41, 5.74) is 1.92. The van der Waals surface area contributed by atoms with E-state index in [-0.39, 0.29) is 11.6 Å². The Bertz CT molecular complexity index is 1140. The highest BCUT2D eigenvalue weighted by Gasteiger charge is 2.48. The fraction of sp³-hybridized carbons (Fsp3) is 0.464. The number of benzene rings is 2. The maximum atomic E-state index is 13.4. The number of hydrogen-bond acceptors (Lipinski definition) is 3. The lowest BCUT2D eigenvalue weighted by Crippen LogP contribution is -2.43. The number of aromatic nitrogens is 1. The molecule has 0 bridgehead atoms. The summed E-state index contributed by atoms with van der Waals surface area (Å²) in [7, 11) is 0. The van der Waals surface area contributed by atoms with Gasteiger partial charge in [0.1, 0.15) is 5.82 Å². The molecule has 3 aromatic rings. The Labute approximate surface area is 195 Å². The van der Waals surface area contributed by atoms with Gasteiger partial charge in [-0.3, -0.25) is 9.69 Å². The first kappa shape index (κ1) is 22.3. The van der Waals surface area contributed by atoms with Crippen LogP contribution in [0.3, 0.4) is 0 Å². The Hall–Kier alpha value is -2.50. The minimum atomic E-state index is -0.863. The maximum Gasteiger partial charge on any atom is 0.164 e. The zero-order valence-electron chi connectivity index (χ0n) is 19.3. The molecule has 0 radical (unpaired) electrons. The molecule has 1 aliphatic carbocycles. The van der Waals surface area contributed by atoms with Crippen LogP contribution in [0.25, 0.3) is 10.9 Å². The molecule has 2 fully saturated rings. The van der Waals surface area contributed by atoms with Crippen LogP contribution >= 0.6 is 0 Å². The van der Waals surface area contributed by atoms with Gasteiger partial charge in [-0.05, 0) is 68.3 Å². The van der Waals surface area contributed by atoms with Crippen molar-refractivity contribution in [3.8, 4) is 0 Å². The van der Waals surface area contributed by atoms with Crippen LogP contribution in [0.4, 0.5) is 4.39 Å². The first-order valence-electron chi connectivity index (χ1n) is 12.3. The van der Waals surface area contributed by atoms with Crippen LogP contribution < -0.4 is 0 Å². The fourth-order valence-corrected chi connectivity index (χ4v) is 6.17. The number of hydrogen-bond donors (Lipinski definition) is 1. The standard InChI is InChI=1S/C28H33FN2O2/c1-2-27(32)24-19-31(25-9-4-3-8-23(24)25)16-6-15-30-14-5-7-20-17-28(33,18-26(20)30)21-10-12-22(29)13-11-21/h3-4,8-13,19-20,26,33H,2,5-7,14-18H2,1H3. The van der Waals surface area contributed by atoms with Crippen molar-refractivity contribution in [3.63, 3.8) is 0 Å². The molecule has 1 saturated carbocycles. The summed E-state index contributed by atoms with van der Waals surface area (Å²) < 4.78 is 15.6. The van der Waals surface area contributed by atoms with Gasteiger partial charge in [-0.2, -0.15) is 0 Å². The lowest BCUT2D eigenvalue weighted by atomic mass is 9.89. The molecule has 3 unspecified atom stereocenters. The smallest absolute Gasteiger partial charge is 0.164 e. The number of halogens is 1. The second-order valence-corrected chi connectivity index (χ2v) is 9.84. The number of carbonyl (C=O) groups is 1. The van der Waals surface area contributed by atoms with Gasteiger partial charge in [0.2, 0.25) is 0 Å². The van der Waals surface area contributed by atoms with E-state index < -0.39 is 5.60 Å². The molecule has 1 saturated heterocycles. The van der Waals surface area contributed by atoms with Gasteiger partial charge in [0.15, 0.2) is 5.78 Å². The van der Waals surface area contributed by atoms with Crippen molar-refractivity contribution in [2.75, 3.05) is 13.1 Å². The third-order valence-corrected chi connectivity index (χ3v) is 7.82. The van der Waals surface area contributed by atoms with Crippen LogP contribution in [0.5, 0.6) is 0 Å². The number of aryl methyl sites for hydroxylation is 1. The Morgan fingerprint density at radius 2 is 1.91 bits per heavy atom. The van der Waals surface area contributed by atoms with E-state index in [4.69, 9.17) is 0 Å². The minimum Gasteiger partial charge on any atom is -0.385 e. The zero-order chi connectivity index (χ0) is 23.0. The summed E-state index contributed by atoms with van der Waals surface area (Å²) >= 11 is 0. The van der Waals surface area contributed by atoms with Crippen LogP contribution in [0.2, 0.25) is 0 Å². The van der Waals surface area contributed by atoms with Crippen molar-refractivity contribution >= 4 is 16.7 Å². The molecule has 0 spiro atoms. The normalized spacial score (nSPS) is 25.4. The maximum absolute atomic E-state index is 13.4. The summed E-state index contributed by atoms with van der Waals surface area (Å²) in [5.74, 6) is 0.408. The Kier molecular flexibility index (Phi) is 6.11. The predicted molar refractivity (Wildman–Crippen MR) is 129 cm³/mol. The van der Waals surface area contributed by atoms with Crippen molar-refractivity contribution in [1.29, 1.82) is 0 Å². The quantitative estimate of drug-likeness (QED) is 0.484. The highest BCUT2D eigenvalue weighted by molar-refractivity contribution is 6.07. The molecule has 0 amide bonds. The Morgan fingerprint density at radius 3 is 2.70 bits per heavy atom. The largest absolute Gasteiger partial charge is 0.385 e. The van der Waals surface area contributed by atoms with Crippen LogP contribution in [0, 0.1) is 11.7 Å². The molecule has 174 valence electrons. The van der Waals surface area contributed by atoms with Crippen LogP contribution in [0.1, 0.15) is 61.4 Å². The number of para-hydroxylation sites is 1. The Morgan fingerprint density at radius 1 is 1.12 bits per heavy atom. The van der Waals surface area contributed by atoms with Crippen molar-refractivity contribution in [1.82, 2.24) is 9.47 Å².